The lowest BCUT2D eigenvalue weighted by Crippen LogP contribution is -2.22. The number of nitrogens with one attached hydrogen (secondary N) is 2. The van der Waals surface area contributed by atoms with Crippen LogP contribution in [0.4, 0.5) is 0 Å². The van der Waals surface area contributed by atoms with Gasteiger partial charge in [-0.3, -0.25) is 0 Å². The number of aromatic nitrogens is 1. The molecule has 0 aromatic carbocycles. The summed E-state index contributed by atoms with van der Waals surface area (Å²) in [4.78, 5) is 13.9. The second-order valence-electron chi connectivity index (χ2n) is 4.50. The molecule has 2 heterocycles. The molecule has 1 saturated heterocycles. The lowest BCUT2D eigenvalue weighted by Gasteiger charge is -2.08. The van der Waals surface area contributed by atoms with Gasteiger partial charge in [-0.2, -0.15) is 0 Å². The van der Waals surface area contributed by atoms with Crippen LogP contribution in [0.3, 0.4) is 0 Å². The van der Waals surface area contributed by atoms with Crippen molar-refractivity contribution in [2.45, 2.75) is 19.9 Å². The maximum Gasteiger partial charge on any atom is 0.337 e. The van der Waals surface area contributed by atoms with E-state index in [-0.39, 0.29) is 0 Å². The fourth-order valence-corrected chi connectivity index (χ4v) is 2.10. The van der Waals surface area contributed by atoms with Crippen molar-refractivity contribution in [1.29, 1.82) is 0 Å². The van der Waals surface area contributed by atoms with Crippen molar-refractivity contribution in [3.8, 4) is 0 Å². The van der Waals surface area contributed by atoms with Gasteiger partial charge in [0.1, 0.15) is 0 Å². The number of aromatic carboxylic acids is 1. The number of ether oxygens (including phenoxy) is 1. The van der Waals surface area contributed by atoms with Crippen LogP contribution < -0.4 is 5.32 Å². The summed E-state index contributed by atoms with van der Waals surface area (Å²) in [6.07, 6.45) is 1.11. The van der Waals surface area contributed by atoms with Crippen LogP contribution in [0.5, 0.6) is 0 Å². The molecule has 1 aromatic heterocycles. The molecule has 0 saturated carbocycles. The van der Waals surface area contributed by atoms with Gasteiger partial charge in [-0.05, 0) is 25.3 Å². The first-order valence-corrected chi connectivity index (χ1v) is 5.87. The molecule has 0 spiro atoms. The van der Waals surface area contributed by atoms with Crippen molar-refractivity contribution in [3.63, 3.8) is 0 Å². The molecule has 0 aliphatic carbocycles. The van der Waals surface area contributed by atoms with Gasteiger partial charge in [-0.25, -0.2) is 4.79 Å². The molecule has 17 heavy (non-hydrogen) atoms. The molecule has 2 rings (SSSR count). The highest BCUT2D eigenvalue weighted by Crippen LogP contribution is 2.12. The Labute approximate surface area is 100 Å². The summed E-state index contributed by atoms with van der Waals surface area (Å²) in [6, 6.07) is 1.69. The Morgan fingerprint density at radius 3 is 3.12 bits per heavy atom. The Kier molecular flexibility index (Phi) is 3.81. The standard InChI is InChI=1S/C12H18N2O3/c1-8-11(12(15)16)4-10(14-8)6-13-5-9-2-3-17-7-9/h4,9,13-14H,2-3,5-7H2,1H3,(H,15,16). The summed E-state index contributed by atoms with van der Waals surface area (Å²) in [7, 11) is 0. The number of rotatable bonds is 5. The minimum Gasteiger partial charge on any atom is -0.478 e. The molecule has 1 fully saturated rings. The number of carboxylic acids is 1. The SMILES string of the molecule is Cc1[nH]c(CNCC2CCOC2)cc1C(=O)O. The van der Waals surface area contributed by atoms with E-state index in [4.69, 9.17) is 9.84 Å². The highest BCUT2D eigenvalue weighted by Gasteiger charge is 2.15. The Morgan fingerprint density at radius 2 is 2.53 bits per heavy atom. The van der Waals surface area contributed by atoms with Crippen LogP contribution >= 0.6 is 0 Å². The third-order valence-corrected chi connectivity index (χ3v) is 3.07. The minimum absolute atomic E-state index is 0.353. The van der Waals surface area contributed by atoms with Gasteiger partial charge < -0.3 is 20.1 Å². The molecule has 1 atom stereocenters. The van der Waals surface area contributed by atoms with E-state index in [9.17, 15) is 4.79 Å². The molecule has 5 nitrogen and oxygen atoms in total. The van der Waals surface area contributed by atoms with Crippen molar-refractivity contribution >= 4 is 5.97 Å². The summed E-state index contributed by atoms with van der Waals surface area (Å²) in [6.45, 7) is 5.05. The second-order valence-corrected chi connectivity index (χ2v) is 4.50. The number of H-pyrrole nitrogens is 1. The molecule has 3 N–H and O–H groups in total. The van der Waals surface area contributed by atoms with E-state index < -0.39 is 5.97 Å². The van der Waals surface area contributed by atoms with Crippen LogP contribution in [-0.2, 0) is 11.3 Å². The lowest BCUT2D eigenvalue weighted by molar-refractivity contribution is 0.0696. The van der Waals surface area contributed by atoms with E-state index in [2.05, 4.69) is 10.3 Å². The van der Waals surface area contributed by atoms with E-state index in [1.54, 1.807) is 13.0 Å². The number of aryl methyl sites for hydroxylation is 1. The zero-order chi connectivity index (χ0) is 12.3. The van der Waals surface area contributed by atoms with E-state index in [0.29, 0.717) is 23.7 Å². The zero-order valence-electron chi connectivity index (χ0n) is 9.95. The molecule has 0 amide bonds. The second kappa shape index (κ2) is 5.33. The van der Waals surface area contributed by atoms with E-state index >= 15 is 0 Å². The van der Waals surface area contributed by atoms with Crippen molar-refractivity contribution in [1.82, 2.24) is 10.3 Å². The molecule has 1 aromatic rings. The Hall–Kier alpha value is -1.33. The summed E-state index contributed by atoms with van der Waals surface area (Å²) >= 11 is 0. The summed E-state index contributed by atoms with van der Waals surface area (Å²) in [5.74, 6) is -0.292. The van der Waals surface area contributed by atoms with E-state index in [1.165, 1.54) is 0 Å². The summed E-state index contributed by atoms with van der Waals surface area (Å²) in [5, 5.41) is 12.2. The molecule has 1 unspecified atom stereocenters. The third-order valence-electron chi connectivity index (χ3n) is 3.07. The van der Waals surface area contributed by atoms with Gasteiger partial charge in [-0.1, -0.05) is 0 Å². The van der Waals surface area contributed by atoms with Gasteiger partial charge in [0.15, 0.2) is 0 Å². The Bertz CT molecular complexity index is 394. The molecule has 1 aliphatic heterocycles. The fraction of sp³-hybridized carbons (Fsp3) is 0.583. The first kappa shape index (κ1) is 12.1. The predicted octanol–water partition coefficient (Wildman–Crippen LogP) is 1.15. The van der Waals surface area contributed by atoms with Crippen LogP contribution in [0.2, 0.25) is 0 Å². The van der Waals surface area contributed by atoms with Crippen LogP contribution in [0.15, 0.2) is 6.07 Å². The smallest absolute Gasteiger partial charge is 0.337 e. The maximum atomic E-state index is 10.9. The van der Waals surface area contributed by atoms with Crippen LogP contribution in [-0.4, -0.2) is 35.8 Å². The van der Waals surface area contributed by atoms with Gasteiger partial charge in [0.05, 0.1) is 12.2 Å². The first-order valence-electron chi connectivity index (χ1n) is 5.87. The number of carbonyl (C=O) groups is 1. The van der Waals surface area contributed by atoms with E-state index in [1.807, 2.05) is 0 Å². The van der Waals surface area contributed by atoms with Gasteiger partial charge in [0.2, 0.25) is 0 Å². The molecule has 5 heteroatoms. The van der Waals surface area contributed by atoms with Gasteiger partial charge in [-0.15, -0.1) is 0 Å². The summed E-state index contributed by atoms with van der Waals surface area (Å²) < 4.78 is 5.29. The average Bonchev–Trinajstić information content (AvgIpc) is 2.88. The number of hydrogen-bond donors (Lipinski definition) is 3. The largest absolute Gasteiger partial charge is 0.478 e. The summed E-state index contributed by atoms with van der Waals surface area (Å²) in [5.41, 5.74) is 1.98. The minimum atomic E-state index is -0.880. The highest BCUT2D eigenvalue weighted by atomic mass is 16.5. The molecular weight excluding hydrogens is 220 g/mol. The van der Waals surface area contributed by atoms with Gasteiger partial charge in [0.25, 0.3) is 0 Å². The highest BCUT2D eigenvalue weighted by molar-refractivity contribution is 5.89. The van der Waals surface area contributed by atoms with Gasteiger partial charge >= 0.3 is 5.97 Å². The number of hydrogen-bond acceptors (Lipinski definition) is 3. The number of carboxylic acid groups (broad SMARTS) is 1. The van der Waals surface area contributed by atoms with Crippen molar-refractivity contribution in [2.24, 2.45) is 5.92 Å². The quantitative estimate of drug-likeness (QED) is 0.719. The molecule has 0 bridgehead atoms. The van der Waals surface area contributed by atoms with Gasteiger partial charge in [0, 0.05) is 31.1 Å². The molecular formula is C12H18N2O3. The zero-order valence-corrected chi connectivity index (χ0v) is 9.95. The molecule has 94 valence electrons. The lowest BCUT2D eigenvalue weighted by atomic mass is 10.1. The maximum absolute atomic E-state index is 10.9. The monoisotopic (exact) mass is 238 g/mol. The Morgan fingerprint density at radius 1 is 1.71 bits per heavy atom. The van der Waals surface area contributed by atoms with Crippen molar-refractivity contribution in [3.05, 3.63) is 23.0 Å². The van der Waals surface area contributed by atoms with Crippen LogP contribution in [0, 0.1) is 12.8 Å². The average molecular weight is 238 g/mol. The molecule has 0 radical (unpaired) electrons. The van der Waals surface area contributed by atoms with Crippen molar-refractivity contribution in [2.75, 3.05) is 19.8 Å². The van der Waals surface area contributed by atoms with Crippen LogP contribution in [0.25, 0.3) is 0 Å². The Balaban J connectivity index is 1.82. The first-order chi connectivity index (χ1) is 8.16. The predicted molar refractivity (Wildman–Crippen MR) is 63.1 cm³/mol. The fourth-order valence-electron chi connectivity index (χ4n) is 2.10. The molecule has 1 aliphatic rings. The number of aromatic amines is 1. The third kappa shape index (κ3) is 3.08. The normalized spacial score (nSPS) is 19.7. The van der Waals surface area contributed by atoms with Crippen LogP contribution in [0.1, 0.15) is 28.2 Å². The van der Waals surface area contributed by atoms with E-state index in [0.717, 1.165) is 31.9 Å². The van der Waals surface area contributed by atoms with Crippen molar-refractivity contribution < 1.29 is 14.6 Å². The topological polar surface area (TPSA) is 74.3 Å².